The molecule has 1 fully saturated rings. The van der Waals surface area contributed by atoms with Crippen molar-refractivity contribution >= 4 is 39.9 Å². The van der Waals surface area contributed by atoms with E-state index >= 15 is 0 Å². The first kappa shape index (κ1) is 17.7. The van der Waals surface area contributed by atoms with Crippen LogP contribution in [-0.4, -0.2) is 39.3 Å². The summed E-state index contributed by atoms with van der Waals surface area (Å²) in [5.74, 6) is 0.617. The number of furan rings is 1. The maximum atomic E-state index is 12.9. The number of hydrogen-bond acceptors (Lipinski definition) is 5. The van der Waals surface area contributed by atoms with Gasteiger partial charge < -0.3 is 19.6 Å². The van der Waals surface area contributed by atoms with Crippen LogP contribution in [0.25, 0.3) is 21.7 Å². The molecule has 3 aromatic heterocycles. The molecule has 0 unspecified atom stereocenters. The third-order valence-electron chi connectivity index (χ3n) is 5.05. The van der Waals surface area contributed by atoms with Crippen LogP contribution in [-0.2, 0) is 4.79 Å². The molecule has 2 amide bonds. The maximum Gasteiger partial charge on any atom is 0.290 e. The highest BCUT2D eigenvalue weighted by Crippen LogP contribution is 2.27. The Morgan fingerprint density at radius 3 is 2.97 bits per heavy atom. The summed E-state index contributed by atoms with van der Waals surface area (Å²) in [6.07, 6.45) is 2.88. The molecule has 4 heterocycles. The van der Waals surface area contributed by atoms with Crippen molar-refractivity contribution in [2.24, 2.45) is 0 Å². The first-order chi connectivity index (χ1) is 14.2. The van der Waals surface area contributed by atoms with Crippen LogP contribution in [0.1, 0.15) is 23.4 Å². The molecule has 1 saturated heterocycles. The Morgan fingerprint density at radius 2 is 2.17 bits per heavy atom. The fraction of sp³-hybridized carbons (Fsp3) is 0.190. The molecule has 2 N–H and O–H groups in total. The number of likely N-dealkylation sites (tertiary alicyclic amines) is 1. The van der Waals surface area contributed by atoms with E-state index < -0.39 is 6.04 Å². The monoisotopic (exact) mass is 406 g/mol. The molecule has 1 aliphatic heterocycles. The largest absolute Gasteiger partial charge is 0.459 e. The van der Waals surface area contributed by atoms with E-state index in [-0.39, 0.29) is 17.6 Å². The van der Waals surface area contributed by atoms with Crippen molar-refractivity contribution in [2.75, 3.05) is 11.9 Å². The third-order valence-corrected chi connectivity index (χ3v) is 5.93. The molecule has 0 radical (unpaired) electrons. The van der Waals surface area contributed by atoms with Crippen molar-refractivity contribution < 1.29 is 14.0 Å². The summed E-state index contributed by atoms with van der Waals surface area (Å²) in [6.45, 7) is 0.543. The quantitative estimate of drug-likeness (QED) is 0.533. The number of aromatic amines is 1. The summed E-state index contributed by atoms with van der Waals surface area (Å²) >= 11 is 1.62. The minimum Gasteiger partial charge on any atom is -0.459 e. The fourth-order valence-electron chi connectivity index (χ4n) is 3.67. The average molecular weight is 406 g/mol. The van der Waals surface area contributed by atoms with Gasteiger partial charge in [0.15, 0.2) is 5.76 Å². The van der Waals surface area contributed by atoms with Crippen LogP contribution in [0, 0.1) is 0 Å². The lowest BCUT2D eigenvalue weighted by Gasteiger charge is -2.23. The number of benzene rings is 1. The highest BCUT2D eigenvalue weighted by Gasteiger charge is 2.35. The second-order valence-corrected chi connectivity index (χ2v) is 7.87. The van der Waals surface area contributed by atoms with Gasteiger partial charge in [0.25, 0.3) is 5.91 Å². The van der Waals surface area contributed by atoms with Gasteiger partial charge >= 0.3 is 0 Å². The van der Waals surface area contributed by atoms with Gasteiger partial charge in [-0.25, -0.2) is 4.98 Å². The minimum atomic E-state index is -0.508. The van der Waals surface area contributed by atoms with Crippen LogP contribution in [0.2, 0.25) is 0 Å². The fourth-order valence-corrected chi connectivity index (χ4v) is 4.34. The number of aromatic nitrogens is 2. The van der Waals surface area contributed by atoms with E-state index in [0.717, 1.165) is 28.2 Å². The topological polar surface area (TPSA) is 91.2 Å². The van der Waals surface area contributed by atoms with Gasteiger partial charge in [-0.1, -0.05) is 6.07 Å². The number of fused-ring (bicyclic) bond motifs is 1. The van der Waals surface area contributed by atoms with E-state index in [0.29, 0.717) is 18.7 Å². The molecule has 0 spiro atoms. The SMILES string of the molecule is O=C(Nc1ccc2nc(-c3cccs3)[nH]c2c1)[C@@H]1CCCN1C(=O)c1ccco1. The van der Waals surface area contributed by atoms with Crippen LogP contribution < -0.4 is 5.32 Å². The van der Waals surface area contributed by atoms with Crippen LogP contribution in [0.3, 0.4) is 0 Å². The lowest BCUT2D eigenvalue weighted by Crippen LogP contribution is -2.43. The molecule has 1 aromatic carbocycles. The van der Waals surface area contributed by atoms with Gasteiger partial charge in [0.2, 0.25) is 5.91 Å². The Bertz CT molecular complexity index is 1160. The first-order valence-electron chi connectivity index (χ1n) is 9.38. The number of amides is 2. The average Bonchev–Trinajstić information content (AvgIpc) is 3.53. The zero-order chi connectivity index (χ0) is 19.8. The Hall–Kier alpha value is -3.39. The highest BCUT2D eigenvalue weighted by molar-refractivity contribution is 7.13. The van der Waals surface area contributed by atoms with Crippen molar-refractivity contribution in [3.8, 4) is 10.7 Å². The van der Waals surface area contributed by atoms with Crippen molar-refractivity contribution in [3.63, 3.8) is 0 Å². The lowest BCUT2D eigenvalue weighted by atomic mass is 10.2. The standard InChI is InChI=1S/C21H18N4O3S/c26-20(16-4-1-9-25(16)21(27)17-5-2-10-28-17)22-13-7-8-14-15(12-13)24-19(23-14)18-6-3-11-29-18/h2-3,5-8,10-12,16H,1,4,9H2,(H,22,26)(H,23,24)/t16-/m0/s1. The first-order valence-corrected chi connectivity index (χ1v) is 10.3. The zero-order valence-corrected chi connectivity index (χ0v) is 16.2. The van der Waals surface area contributed by atoms with Crippen LogP contribution in [0.15, 0.2) is 58.5 Å². The molecule has 146 valence electrons. The van der Waals surface area contributed by atoms with Crippen LogP contribution in [0.5, 0.6) is 0 Å². The van der Waals surface area contributed by atoms with E-state index in [1.165, 1.54) is 6.26 Å². The van der Waals surface area contributed by atoms with Gasteiger partial charge in [0, 0.05) is 12.2 Å². The van der Waals surface area contributed by atoms with Crippen LogP contribution in [0.4, 0.5) is 5.69 Å². The van der Waals surface area contributed by atoms with Crippen molar-refractivity contribution in [1.82, 2.24) is 14.9 Å². The van der Waals surface area contributed by atoms with Gasteiger partial charge in [-0.15, -0.1) is 11.3 Å². The predicted octanol–water partition coefficient (Wildman–Crippen LogP) is 4.13. The highest BCUT2D eigenvalue weighted by atomic mass is 32.1. The molecular weight excluding hydrogens is 388 g/mol. The number of nitrogens with one attached hydrogen (secondary N) is 2. The molecule has 1 aliphatic rings. The molecule has 0 bridgehead atoms. The second kappa shape index (κ2) is 7.21. The van der Waals surface area contributed by atoms with Gasteiger partial charge in [-0.3, -0.25) is 9.59 Å². The van der Waals surface area contributed by atoms with Gasteiger partial charge in [-0.05, 0) is 54.6 Å². The van der Waals surface area contributed by atoms with E-state index in [1.54, 1.807) is 28.4 Å². The number of H-pyrrole nitrogens is 1. The molecule has 29 heavy (non-hydrogen) atoms. The molecular formula is C21H18N4O3S. The number of nitrogens with zero attached hydrogens (tertiary/aromatic N) is 2. The number of imidazole rings is 1. The molecule has 0 aliphatic carbocycles. The Morgan fingerprint density at radius 1 is 1.24 bits per heavy atom. The van der Waals surface area contributed by atoms with Gasteiger partial charge in [0.05, 0.1) is 22.2 Å². The van der Waals surface area contributed by atoms with E-state index in [1.807, 2.05) is 35.7 Å². The van der Waals surface area contributed by atoms with E-state index in [2.05, 4.69) is 15.3 Å². The number of hydrogen-bond donors (Lipinski definition) is 2. The third kappa shape index (κ3) is 3.31. The molecule has 7 nitrogen and oxygen atoms in total. The predicted molar refractivity (Wildman–Crippen MR) is 111 cm³/mol. The molecule has 8 heteroatoms. The molecule has 5 rings (SSSR count). The smallest absolute Gasteiger partial charge is 0.290 e. The van der Waals surface area contributed by atoms with Gasteiger partial charge in [-0.2, -0.15) is 0 Å². The van der Waals surface area contributed by atoms with Gasteiger partial charge in [0.1, 0.15) is 11.9 Å². The number of rotatable bonds is 4. The van der Waals surface area contributed by atoms with E-state index in [9.17, 15) is 9.59 Å². The number of carbonyl (C=O) groups excluding carboxylic acids is 2. The lowest BCUT2D eigenvalue weighted by molar-refractivity contribution is -0.119. The number of thiophene rings is 1. The molecule has 1 atom stereocenters. The Labute approximate surface area is 170 Å². The molecule has 4 aromatic rings. The summed E-state index contributed by atoms with van der Waals surface area (Å²) in [5, 5.41) is 4.95. The second-order valence-electron chi connectivity index (χ2n) is 6.92. The maximum absolute atomic E-state index is 12.9. The molecule has 0 saturated carbocycles. The summed E-state index contributed by atoms with van der Waals surface area (Å²) < 4.78 is 5.20. The van der Waals surface area contributed by atoms with Crippen LogP contribution >= 0.6 is 11.3 Å². The van der Waals surface area contributed by atoms with E-state index in [4.69, 9.17) is 4.42 Å². The number of carbonyl (C=O) groups is 2. The number of anilines is 1. The van der Waals surface area contributed by atoms with Crippen molar-refractivity contribution in [1.29, 1.82) is 0 Å². The zero-order valence-electron chi connectivity index (χ0n) is 15.4. The summed E-state index contributed by atoms with van der Waals surface area (Å²) in [5.41, 5.74) is 2.35. The minimum absolute atomic E-state index is 0.195. The summed E-state index contributed by atoms with van der Waals surface area (Å²) in [7, 11) is 0. The summed E-state index contributed by atoms with van der Waals surface area (Å²) in [4.78, 5) is 36.0. The Balaban J connectivity index is 1.34. The van der Waals surface area contributed by atoms with Crippen molar-refractivity contribution in [2.45, 2.75) is 18.9 Å². The Kier molecular flexibility index (Phi) is 4.40. The summed E-state index contributed by atoms with van der Waals surface area (Å²) in [6, 6.07) is 12.3. The normalized spacial score (nSPS) is 16.4. The van der Waals surface area contributed by atoms with Crippen molar-refractivity contribution in [3.05, 3.63) is 59.9 Å².